The monoisotopic (exact) mass is 371 g/mol. The minimum atomic E-state index is -0.909. The predicted molar refractivity (Wildman–Crippen MR) is 94.5 cm³/mol. The van der Waals surface area contributed by atoms with Gasteiger partial charge in [0.05, 0.1) is 19.8 Å². The molecule has 6 nitrogen and oxygen atoms in total. The number of carbonyl (C=O) groups excluding carboxylic acids is 1. The van der Waals surface area contributed by atoms with Gasteiger partial charge in [-0.15, -0.1) is 0 Å². The number of hydrogen-bond acceptors (Lipinski definition) is 6. The number of aliphatic carboxylic acids is 1. The second kappa shape index (κ2) is 26.5. The zero-order valence-electron chi connectivity index (χ0n) is 16.4. The summed E-state index contributed by atoms with van der Waals surface area (Å²) in [6.07, 6.45) is 11.2. The van der Waals surface area contributed by atoms with E-state index < -0.39 is 5.97 Å². The second-order valence-corrected chi connectivity index (χ2v) is 5.96. The minimum Gasteiger partial charge on any atom is -0.550 e. The van der Waals surface area contributed by atoms with Crippen molar-refractivity contribution in [2.75, 3.05) is 39.5 Å². The molecule has 7 heteroatoms. The molecule has 0 amide bonds. The van der Waals surface area contributed by atoms with Gasteiger partial charge in [-0.05, 0) is 12.8 Å². The molecule has 25 heavy (non-hydrogen) atoms. The van der Waals surface area contributed by atoms with E-state index in [1.807, 2.05) is 0 Å². The van der Waals surface area contributed by atoms with E-state index in [1.165, 1.54) is 44.9 Å². The van der Waals surface area contributed by atoms with Crippen LogP contribution in [0.3, 0.4) is 0 Å². The van der Waals surface area contributed by atoms with Crippen LogP contribution in [0.2, 0.25) is 0 Å². The first-order valence-corrected chi connectivity index (χ1v) is 9.37. The second-order valence-electron chi connectivity index (χ2n) is 5.96. The van der Waals surface area contributed by atoms with Crippen LogP contribution in [0.1, 0.15) is 71.1 Å². The number of rotatable bonds is 16. The Kier molecular flexibility index (Phi) is 31.9. The number of carboxylic acid groups (broad SMARTS) is 1. The van der Waals surface area contributed by atoms with Crippen LogP contribution in [0.25, 0.3) is 0 Å². The average Bonchev–Trinajstić information content (AvgIpc) is 2.54. The Hall–Kier alpha value is 0.310. The van der Waals surface area contributed by atoms with Crippen molar-refractivity contribution in [1.82, 2.24) is 4.90 Å². The topological polar surface area (TPSA) is 104 Å². The molecule has 0 aliphatic heterocycles. The first kappa shape index (κ1) is 30.1. The van der Waals surface area contributed by atoms with Crippen LogP contribution in [0.5, 0.6) is 0 Å². The van der Waals surface area contributed by atoms with E-state index in [9.17, 15) is 9.90 Å². The third kappa shape index (κ3) is 29.3. The van der Waals surface area contributed by atoms with E-state index in [-0.39, 0.29) is 55.8 Å². The molecule has 3 N–H and O–H groups in total. The molecule has 0 radical (unpaired) electrons. The quantitative estimate of drug-likeness (QED) is 0.213. The third-order valence-corrected chi connectivity index (χ3v) is 3.73. The maximum absolute atomic E-state index is 10.1. The van der Waals surface area contributed by atoms with E-state index in [1.54, 1.807) is 4.90 Å². The van der Waals surface area contributed by atoms with Crippen LogP contribution in [0.15, 0.2) is 0 Å². The Balaban J connectivity index is -0.000000392. The Bertz CT molecular complexity index is 243. The smallest absolute Gasteiger partial charge is 0.550 e. The summed E-state index contributed by atoms with van der Waals surface area (Å²) in [7, 11) is 0. The van der Waals surface area contributed by atoms with Crippen LogP contribution in [0, 0.1) is 0 Å². The number of carbonyl (C=O) groups is 1. The Morgan fingerprint density at radius 3 is 1.44 bits per heavy atom. The number of aliphatic hydroxyl groups excluding tert-OH is 3. The molecule has 0 bridgehead atoms. The summed E-state index contributed by atoms with van der Waals surface area (Å²) in [6.45, 7) is 3.98. The van der Waals surface area contributed by atoms with Gasteiger partial charge in [-0.2, -0.15) is 0 Å². The summed E-state index contributed by atoms with van der Waals surface area (Å²) in [4.78, 5) is 11.9. The molecule has 0 saturated carbocycles. The van der Waals surface area contributed by atoms with Crippen molar-refractivity contribution in [3.63, 3.8) is 0 Å². The first-order chi connectivity index (χ1) is 11.6. The van der Waals surface area contributed by atoms with Gasteiger partial charge in [-0.1, -0.05) is 58.3 Å². The summed E-state index contributed by atoms with van der Waals surface area (Å²) in [5.74, 6) is -0.909. The van der Waals surface area contributed by atoms with Crippen LogP contribution in [-0.2, 0) is 4.79 Å². The summed E-state index contributed by atoms with van der Waals surface area (Å²) < 4.78 is 0. The van der Waals surface area contributed by atoms with Gasteiger partial charge in [0.1, 0.15) is 0 Å². The van der Waals surface area contributed by atoms with Crippen molar-refractivity contribution in [2.24, 2.45) is 0 Å². The molecule has 0 atom stereocenters. The van der Waals surface area contributed by atoms with Gasteiger partial charge in [0.2, 0.25) is 0 Å². The zero-order chi connectivity index (χ0) is 18.5. The maximum atomic E-state index is 10.1. The van der Waals surface area contributed by atoms with E-state index in [0.717, 1.165) is 12.8 Å². The standard InChI is InChI=1S/C12H24O2.C6H15NO3.Na/c1-2-3-4-5-6-7-8-9-10-11-12(13)14;8-4-1-7(2-5-9)3-6-10;/h2-11H2,1H3,(H,13,14);8-10H,1-6H2;/q;;+1/p-1. The van der Waals surface area contributed by atoms with Crippen molar-refractivity contribution >= 4 is 5.97 Å². The van der Waals surface area contributed by atoms with Crippen LogP contribution in [-0.4, -0.2) is 65.6 Å². The fourth-order valence-electron chi connectivity index (χ4n) is 2.34. The molecule has 0 unspecified atom stereocenters. The van der Waals surface area contributed by atoms with E-state index >= 15 is 0 Å². The Morgan fingerprint density at radius 1 is 0.760 bits per heavy atom. The summed E-state index contributed by atoms with van der Waals surface area (Å²) in [5.41, 5.74) is 0. The fraction of sp³-hybridized carbons (Fsp3) is 0.944. The molecule has 0 spiro atoms. The molecule has 0 fully saturated rings. The Labute approximate surface area is 175 Å². The van der Waals surface area contributed by atoms with Crippen LogP contribution >= 0.6 is 0 Å². The normalized spacial score (nSPS) is 10.1. The van der Waals surface area contributed by atoms with Gasteiger partial charge in [-0.3, -0.25) is 4.90 Å². The van der Waals surface area contributed by atoms with Gasteiger partial charge in [0.25, 0.3) is 0 Å². The molecule has 0 heterocycles. The van der Waals surface area contributed by atoms with Crippen molar-refractivity contribution in [3.8, 4) is 0 Å². The van der Waals surface area contributed by atoms with Crippen molar-refractivity contribution in [2.45, 2.75) is 71.1 Å². The molecule has 0 aliphatic carbocycles. The number of nitrogens with zero attached hydrogens (tertiary/aromatic N) is 1. The first-order valence-electron chi connectivity index (χ1n) is 9.37. The maximum Gasteiger partial charge on any atom is 1.00 e. The molecule has 0 saturated heterocycles. The summed E-state index contributed by atoms with van der Waals surface area (Å²) >= 11 is 0. The SMILES string of the molecule is CCCCCCCCCCCC(=O)[O-].OCCN(CCO)CCO.[Na+]. The predicted octanol–water partition coefficient (Wildman–Crippen LogP) is -2.07. The van der Waals surface area contributed by atoms with E-state index in [2.05, 4.69) is 6.92 Å². The fourth-order valence-corrected chi connectivity index (χ4v) is 2.34. The van der Waals surface area contributed by atoms with Gasteiger partial charge < -0.3 is 25.2 Å². The number of aliphatic hydroxyl groups is 3. The summed E-state index contributed by atoms with van der Waals surface area (Å²) in [5, 5.41) is 35.6. The van der Waals surface area contributed by atoms with Gasteiger partial charge in [-0.25, -0.2) is 0 Å². The third-order valence-electron chi connectivity index (χ3n) is 3.73. The van der Waals surface area contributed by atoms with Crippen LogP contribution in [0.4, 0.5) is 0 Å². The van der Waals surface area contributed by atoms with Gasteiger partial charge in [0, 0.05) is 25.6 Å². The Morgan fingerprint density at radius 2 is 1.12 bits per heavy atom. The van der Waals surface area contributed by atoms with Crippen molar-refractivity contribution in [1.29, 1.82) is 0 Å². The molecule has 0 aromatic heterocycles. The van der Waals surface area contributed by atoms with Gasteiger partial charge in [0.15, 0.2) is 0 Å². The van der Waals surface area contributed by atoms with E-state index in [4.69, 9.17) is 15.3 Å². The molecular weight excluding hydrogens is 333 g/mol. The van der Waals surface area contributed by atoms with Crippen molar-refractivity contribution in [3.05, 3.63) is 0 Å². The minimum absolute atomic E-state index is 0. The number of hydrogen-bond donors (Lipinski definition) is 3. The van der Waals surface area contributed by atoms with Crippen molar-refractivity contribution < 1.29 is 54.8 Å². The number of carboxylic acids is 1. The molecule has 0 rings (SSSR count). The average molecular weight is 371 g/mol. The molecule has 0 aromatic carbocycles. The molecule has 146 valence electrons. The number of unbranched alkanes of at least 4 members (excludes halogenated alkanes) is 8. The van der Waals surface area contributed by atoms with E-state index in [0.29, 0.717) is 19.6 Å². The van der Waals surface area contributed by atoms with Crippen LogP contribution < -0.4 is 34.7 Å². The van der Waals surface area contributed by atoms with Gasteiger partial charge >= 0.3 is 29.6 Å². The zero-order valence-corrected chi connectivity index (χ0v) is 18.4. The molecule has 0 aliphatic rings. The largest absolute Gasteiger partial charge is 1.00 e. The molecular formula is C18H38NNaO5. The molecule has 0 aromatic rings. The summed E-state index contributed by atoms with van der Waals surface area (Å²) in [6, 6.07) is 0.